The van der Waals surface area contributed by atoms with Crippen molar-refractivity contribution in [2.75, 3.05) is 6.54 Å². The van der Waals surface area contributed by atoms with E-state index in [9.17, 15) is 4.39 Å². The molecular weight excluding hydrogens is 333 g/mol. The molecule has 0 saturated heterocycles. The van der Waals surface area contributed by atoms with Crippen LogP contribution in [0.5, 0.6) is 5.75 Å². The number of benzene rings is 2. The second kappa shape index (κ2) is 6.37. The van der Waals surface area contributed by atoms with Crippen molar-refractivity contribution >= 4 is 27.5 Å². The van der Waals surface area contributed by atoms with Crippen LogP contribution < -0.4 is 10.5 Å². The molecule has 2 nitrogen and oxygen atoms in total. The first-order valence-corrected chi connectivity index (χ1v) is 6.85. The van der Waals surface area contributed by atoms with Crippen LogP contribution in [0.1, 0.15) is 11.7 Å². The quantitative estimate of drug-likeness (QED) is 0.896. The lowest BCUT2D eigenvalue weighted by Gasteiger charge is -2.19. The minimum atomic E-state index is -0.574. The summed E-state index contributed by atoms with van der Waals surface area (Å²) in [4.78, 5) is 0. The molecule has 2 N–H and O–H groups in total. The van der Waals surface area contributed by atoms with Gasteiger partial charge in [0.15, 0.2) is 11.6 Å². The molecule has 0 aliphatic carbocycles. The molecule has 0 spiro atoms. The van der Waals surface area contributed by atoms with Crippen LogP contribution in [-0.4, -0.2) is 6.54 Å². The summed E-state index contributed by atoms with van der Waals surface area (Å²) < 4.78 is 20.3. The van der Waals surface area contributed by atoms with Crippen molar-refractivity contribution in [1.29, 1.82) is 0 Å². The van der Waals surface area contributed by atoms with Crippen LogP contribution in [0.15, 0.2) is 46.9 Å². The van der Waals surface area contributed by atoms with Crippen LogP contribution in [0.4, 0.5) is 4.39 Å². The maximum atomic E-state index is 13.8. The highest BCUT2D eigenvalue weighted by Gasteiger charge is 2.17. The van der Waals surface area contributed by atoms with Crippen molar-refractivity contribution in [3.8, 4) is 5.75 Å². The first-order chi connectivity index (χ1) is 9.13. The molecule has 100 valence electrons. The fraction of sp³-hybridized carbons (Fsp3) is 0.143. The van der Waals surface area contributed by atoms with Crippen LogP contribution in [0.3, 0.4) is 0 Å². The third kappa shape index (κ3) is 3.26. The monoisotopic (exact) mass is 343 g/mol. The van der Waals surface area contributed by atoms with Crippen molar-refractivity contribution in [3.63, 3.8) is 0 Å². The summed E-state index contributed by atoms with van der Waals surface area (Å²) in [7, 11) is 0. The zero-order chi connectivity index (χ0) is 13.8. The van der Waals surface area contributed by atoms with Gasteiger partial charge in [-0.15, -0.1) is 0 Å². The van der Waals surface area contributed by atoms with Crippen molar-refractivity contribution < 1.29 is 9.13 Å². The fourth-order valence-corrected chi connectivity index (χ4v) is 2.41. The predicted octanol–water partition coefficient (Wildman–Crippen LogP) is 4.32. The Bertz CT molecular complexity index is 579. The summed E-state index contributed by atoms with van der Waals surface area (Å²) in [6.45, 7) is 0.231. The zero-order valence-electron chi connectivity index (χ0n) is 9.95. The second-order valence-corrected chi connectivity index (χ2v) is 5.18. The summed E-state index contributed by atoms with van der Waals surface area (Å²) in [6, 6.07) is 12.2. The van der Waals surface area contributed by atoms with Crippen LogP contribution in [0.25, 0.3) is 0 Å². The molecule has 0 aliphatic rings. The molecule has 0 aromatic heterocycles. The Morgan fingerprint density at radius 3 is 2.63 bits per heavy atom. The lowest BCUT2D eigenvalue weighted by Crippen LogP contribution is -2.19. The Labute approximate surface area is 124 Å². The Morgan fingerprint density at radius 1 is 1.21 bits per heavy atom. The Morgan fingerprint density at radius 2 is 1.95 bits per heavy atom. The standard InChI is InChI=1S/C14H12BrClFNO/c15-10-5-2-1-4-9(10)13(8-18)19-12-7-3-6-11(16)14(12)17/h1-7,13H,8,18H2. The number of rotatable bonds is 4. The lowest BCUT2D eigenvalue weighted by molar-refractivity contribution is 0.204. The van der Waals surface area contributed by atoms with Gasteiger partial charge in [0.2, 0.25) is 0 Å². The van der Waals surface area contributed by atoms with E-state index in [1.807, 2.05) is 24.3 Å². The first kappa shape index (κ1) is 14.3. The van der Waals surface area contributed by atoms with Crippen molar-refractivity contribution in [2.24, 2.45) is 5.73 Å². The van der Waals surface area contributed by atoms with Crippen molar-refractivity contribution in [1.82, 2.24) is 0 Å². The van der Waals surface area contributed by atoms with Crippen LogP contribution in [0, 0.1) is 5.82 Å². The highest BCUT2D eigenvalue weighted by molar-refractivity contribution is 9.10. The van der Waals surface area contributed by atoms with Gasteiger partial charge in [-0.25, -0.2) is 4.39 Å². The normalized spacial score (nSPS) is 12.2. The van der Waals surface area contributed by atoms with Gasteiger partial charge in [-0.2, -0.15) is 0 Å². The molecule has 19 heavy (non-hydrogen) atoms. The molecule has 0 fully saturated rings. The number of nitrogens with two attached hydrogens (primary N) is 1. The van der Waals surface area contributed by atoms with Gasteiger partial charge in [0, 0.05) is 16.6 Å². The summed E-state index contributed by atoms with van der Waals surface area (Å²) in [6.07, 6.45) is -0.441. The number of halogens is 3. The van der Waals surface area contributed by atoms with E-state index >= 15 is 0 Å². The first-order valence-electron chi connectivity index (χ1n) is 5.68. The van der Waals surface area contributed by atoms with Gasteiger partial charge < -0.3 is 10.5 Å². The van der Waals surface area contributed by atoms with Gasteiger partial charge in [0.05, 0.1) is 5.02 Å². The van der Waals surface area contributed by atoms with Gasteiger partial charge in [0.25, 0.3) is 0 Å². The largest absolute Gasteiger partial charge is 0.481 e. The Hall–Kier alpha value is -1.10. The Balaban J connectivity index is 2.30. The second-order valence-electron chi connectivity index (χ2n) is 3.92. The van der Waals surface area contributed by atoms with E-state index in [0.717, 1.165) is 10.0 Å². The average Bonchev–Trinajstić information content (AvgIpc) is 2.41. The fourth-order valence-electron chi connectivity index (χ4n) is 1.70. The number of hydrogen-bond acceptors (Lipinski definition) is 2. The molecule has 0 saturated carbocycles. The van der Waals surface area contributed by atoms with Crippen LogP contribution in [0.2, 0.25) is 5.02 Å². The van der Waals surface area contributed by atoms with Gasteiger partial charge >= 0.3 is 0 Å². The Kier molecular flexibility index (Phi) is 4.80. The maximum Gasteiger partial charge on any atom is 0.183 e. The SMILES string of the molecule is NCC(Oc1cccc(Cl)c1F)c1ccccc1Br. The van der Waals surface area contributed by atoms with E-state index in [1.165, 1.54) is 12.1 Å². The number of hydrogen-bond donors (Lipinski definition) is 1. The van der Waals surface area contributed by atoms with Crippen LogP contribution >= 0.6 is 27.5 Å². The molecule has 0 heterocycles. The minimum Gasteiger partial charge on any atom is -0.481 e. The third-order valence-corrected chi connectivity index (χ3v) is 3.67. The van der Waals surface area contributed by atoms with E-state index < -0.39 is 11.9 Å². The molecule has 0 aliphatic heterocycles. The van der Waals surface area contributed by atoms with Crippen LogP contribution in [-0.2, 0) is 0 Å². The summed E-state index contributed by atoms with van der Waals surface area (Å²) in [5.74, 6) is -0.478. The maximum absolute atomic E-state index is 13.8. The molecule has 0 radical (unpaired) electrons. The highest BCUT2D eigenvalue weighted by atomic mass is 79.9. The molecule has 1 atom stereocenters. The van der Waals surface area contributed by atoms with E-state index in [-0.39, 0.29) is 17.3 Å². The molecule has 0 bridgehead atoms. The van der Waals surface area contributed by atoms with E-state index in [4.69, 9.17) is 22.1 Å². The summed E-state index contributed by atoms with van der Waals surface area (Å²) in [5.41, 5.74) is 6.57. The van der Waals surface area contributed by atoms with Gasteiger partial charge in [-0.1, -0.05) is 51.8 Å². The minimum absolute atomic E-state index is 0.0281. The molecule has 2 aromatic carbocycles. The average molecular weight is 345 g/mol. The summed E-state index contributed by atoms with van der Waals surface area (Å²) in [5, 5.41) is 0.0281. The van der Waals surface area contributed by atoms with Gasteiger partial charge in [0.1, 0.15) is 6.10 Å². The molecule has 2 rings (SSSR count). The van der Waals surface area contributed by atoms with E-state index in [0.29, 0.717) is 0 Å². The zero-order valence-corrected chi connectivity index (χ0v) is 12.3. The molecule has 0 amide bonds. The lowest BCUT2D eigenvalue weighted by atomic mass is 10.1. The highest BCUT2D eigenvalue weighted by Crippen LogP contribution is 2.30. The summed E-state index contributed by atoms with van der Waals surface area (Å²) >= 11 is 9.15. The topological polar surface area (TPSA) is 35.2 Å². The van der Waals surface area contributed by atoms with Gasteiger partial charge in [-0.3, -0.25) is 0 Å². The number of ether oxygens (including phenoxy) is 1. The predicted molar refractivity (Wildman–Crippen MR) is 78.0 cm³/mol. The molecule has 5 heteroatoms. The van der Waals surface area contributed by atoms with Crippen molar-refractivity contribution in [2.45, 2.75) is 6.10 Å². The third-order valence-electron chi connectivity index (χ3n) is 2.65. The van der Waals surface area contributed by atoms with Crippen molar-refractivity contribution in [3.05, 3.63) is 63.3 Å². The van der Waals surface area contributed by atoms with Gasteiger partial charge in [-0.05, 0) is 18.2 Å². The smallest absolute Gasteiger partial charge is 0.183 e. The van der Waals surface area contributed by atoms with E-state index in [2.05, 4.69) is 15.9 Å². The van der Waals surface area contributed by atoms with E-state index in [1.54, 1.807) is 6.07 Å². The molecule has 1 unspecified atom stereocenters. The molecule has 2 aromatic rings. The molecular formula is C14H12BrClFNO.